The first kappa shape index (κ1) is 15.9. The smallest absolute Gasteiger partial charge is 0.269 e. The summed E-state index contributed by atoms with van der Waals surface area (Å²) in [4.78, 5) is 21.6. The van der Waals surface area contributed by atoms with E-state index in [9.17, 15) is 4.79 Å². The Morgan fingerprint density at radius 2 is 2.10 bits per heavy atom. The first-order chi connectivity index (χ1) is 9.58. The van der Waals surface area contributed by atoms with Crippen LogP contribution in [-0.2, 0) is 9.47 Å². The molecule has 0 spiro atoms. The number of rotatable bonds is 8. The van der Waals surface area contributed by atoms with Crippen molar-refractivity contribution in [3.8, 4) is 0 Å². The van der Waals surface area contributed by atoms with E-state index in [1.54, 1.807) is 0 Å². The fraction of sp³-hybridized carbons (Fsp3) is 0.545. The third kappa shape index (κ3) is 4.86. The maximum atomic E-state index is 11.1. The van der Waals surface area contributed by atoms with Gasteiger partial charge in [-0.2, -0.15) is 0 Å². The van der Waals surface area contributed by atoms with E-state index in [1.165, 1.54) is 6.33 Å². The van der Waals surface area contributed by atoms with E-state index in [-0.39, 0.29) is 24.0 Å². The lowest BCUT2D eigenvalue weighted by Gasteiger charge is -2.14. The fourth-order valence-electron chi connectivity index (χ4n) is 1.44. The second-order valence-electron chi connectivity index (χ2n) is 3.68. The molecule has 9 nitrogen and oxygen atoms in total. The van der Waals surface area contributed by atoms with Crippen molar-refractivity contribution in [3.05, 3.63) is 12.0 Å². The molecule has 1 aromatic rings. The number of imidazole rings is 1. The number of carbonyl (C=O) groups is 1. The third-order valence-corrected chi connectivity index (χ3v) is 2.25. The van der Waals surface area contributed by atoms with Crippen molar-refractivity contribution in [2.75, 3.05) is 25.1 Å². The summed E-state index contributed by atoms with van der Waals surface area (Å²) >= 11 is 0. The molecule has 0 aliphatic heterocycles. The van der Waals surface area contributed by atoms with Crippen LogP contribution in [0.25, 0.3) is 0 Å². The van der Waals surface area contributed by atoms with Crippen LogP contribution in [0.4, 0.5) is 5.82 Å². The molecule has 0 saturated carbocycles. The third-order valence-electron chi connectivity index (χ3n) is 2.25. The van der Waals surface area contributed by atoms with Crippen LogP contribution >= 0.6 is 0 Å². The van der Waals surface area contributed by atoms with Gasteiger partial charge in [0.1, 0.15) is 5.69 Å². The standard InChI is InChI=1S/C11H20N6O3/c1-3-19-7(20-4-2)5-14-11(13)17-10-8(9(12)18)15-6-16-10/h6-7H,3-5H2,1-2H3,(H2,12,18)(H,15,16)(H3,13,14,17). The zero-order valence-corrected chi connectivity index (χ0v) is 11.5. The van der Waals surface area contributed by atoms with Crippen LogP contribution in [0.15, 0.2) is 11.3 Å². The molecular formula is C11H20N6O3. The Morgan fingerprint density at radius 3 is 2.65 bits per heavy atom. The van der Waals surface area contributed by atoms with Crippen LogP contribution in [0.5, 0.6) is 0 Å². The number of nitrogens with two attached hydrogens (primary N) is 2. The van der Waals surface area contributed by atoms with Crippen molar-refractivity contribution in [2.24, 2.45) is 16.5 Å². The van der Waals surface area contributed by atoms with Crippen molar-refractivity contribution in [2.45, 2.75) is 20.1 Å². The second kappa shape index (κ2) is 8.12. The van der Waals surface area contributed by atoms with Crippen molar-refractivity contribution in [3.63, 3.8) is 0 Å². The molecule has 9 heteroatoms. The Bertz CT molecular complexity index is 453. The van der Waals surface area contributed by atoms with E-state index in [2.05, 4.69) is 20.3 Å². The Labute approximate surface area is 116 Å². The Hall–Kier alpha value is -2.13. The minimum atomic E-state index is -0.640. The quantitative estimate of drug-likeness (QED) is 0.292. The van der Waals surface area contributed by atoms with Crippen molar-refractivity contribution in [1.82, 2.24) is 9.97 Å². The van der Waals surface area contributed by atoms with Gasteiger partial charge in [0.15, 0.2) is 18.1 Å². The number of guanidine groups is 1. The van der Waals surface area contributed by atoms with E-state index in [0.29, 0.717) is 13.2 Å². The normalized spacial score (nSPS) is 11.8. The molecule has 0 bridgehead atoms. The van der Waals surface area contributed by atoms with Crippen LogP contribution in [0.3, 0.4) is 0 Å². The molecule has 20 heavy (non-hydrogen) atoms. The Kier molecular flexibility index (Phi) is 6.47. The van der Waals surface area contributed by atoms with Crippen LogP contribution in [0.2, 0.25) is 0 Å². The molecule has 1 amide bonds. The Balaban J connectivity index is 2.60. The number of ether oxygens (including phenoxy) is 2. The lowest BCUT2D eigenvalue weighted by Crippen LogP contribution is -2.28. The molecular weight excluding hydrogens is 264 g/mol. The predicted octanol–water partition coefficient (Wildman–Crippen LogP) is -0.366. The van der Waals surface area contributed by atoms with Gasteiger partial charge in [0, 0.05) is 13.2 Å². The summed E-state index contributed by atoms with van der Waals surface area (Å²) in [5.74, 6) is -0.327. The highest BCUT2D eigenvalue weighted by molar-refractivity contribution is 6.00. The van der Waals surface area contributed by atoms with E-state index < -0.39 is 12.2 Å². The van der Waals surface area contributed by atoms with Crippen LogP contribution < -0.4 is 16.8 Å². The summed E-state index contributed by atoms with van der Waals surface area (Å²) < 4.78 is 10.6. The van der Waals surface area contributed by atoms with Gasteiger partial charge in [0.05, 0.1) is 12.9 Å². The molecule has 6 N–H and O–H groups in total. The van der Waals surface area contributed by atoms with Gasteiger partial charge in [-0.15, -0.1) is 0 Å². The summed E-state index contributed by atoms with van der Waals surface area (Å²) in [5, 5.41) is 2.68. The van der Waals surface area contributed by atoms with E-state index in [4.69, 9.17) is 20.9 Å². The number of H-pyrrole nitrogens is 1. The number of aromatic nitrogens is 2. The van der Waals surface area contributed by atoms with Gasteiger partial charge in [0.2, 0.25) is 0 Å². The number of aliphatic imine (C=N–C) groups is 1. The maximum Gasteiger partial charge on any atom is 0.269 e. The minimum absolute atomic E-state index is 0.0870. The van der Waals surface area contributed by atoms with Gasteiger partial charge >= 0.3 is 0 Å². The van der Waals surface area contributed by atoms with E-state index in [0.717, 1.165) is 0 Å². The number of amides is 1. The number of aromatic amines is 1. The lowest BCUT2D eigenvalue weighted by atomic mass is 10.4. The summed E-state index contributed by atoms with van der Waals surface area (Å²) in [5.41, 5.74) is 11.0. The number of anilines is 1. The summed E-state index contributed by atoms with van der Waals surface area (Å²) in [7, 11) is 0. The summed E-state index contributed by atoms with van der Waals surface area (Å²) in [6.07, 6.45) is 0.874. The van der Waals surface area contributed by atoms with E-state index in [1.807, 2.05) is 13.8 Å². The lowest BCUT2D eigenvalue weighted by molar-refractivity contribution is -0.128. The van der Waals surface area contributed by atoms with Crippen molar-refractivity contribution in [1.29, 1.82) is 0 Å². The second-order valence-corrected chi connectivity index (χ2v) is 3.68. The monoisotopic (exact) mass is 284 g/mol. The van der Waals surface area contributed by atoms with Crippen molar-refractivity contribution < 1.29 is 14.3 Å². The molecule has 0 aromatic carbocycles. The molecule has 1 rings (SSSR count). The molecule has 0 radical (unpaired) electrons. The van der Waals surface area contributed by atoms with Crippen molar-refractivity contribution >= 4 is 17.7 Å². The highest BCUT2D eigenvalue weighted by Crippen LogP contribution is 2.07. The predicted molar refractivity (Wildman–Crippen MR) is 74.3 cm³/mol. The molecule has 0 saturated heterocycles. The molecule has 112 valence electrons. The van der Waals surface area contributed by atoms with Gasteiger partial charge in [-0.3, -0.25) is 4.79 Å². The molecule has 0 aliphatic rings. The first-order valence-electron chi connectivity index (χ1n) is 6.21. The molecule has 1 aromatic heterocycles. The first-order valence-corrected chi connectivity index (χ1v) is 6.21. The minimum Gasteiger partial charge on any atom is -0.370 e. The van der Waals surface area contributed by atoms with Crippen LogP contribution in [0, 0.1) is 0 Å². The van der Waals surface area contributed by atoms with Crippen LogP contribution in [-0.4, -0.2) is 47.9 Å². The van der Waals surface area contributed by atoms with Gasteiger partial charge in [-0.25, -0.2) is 9.98 Å². The maximum absolute atomic E-state index is 11.1. The zero-order valence-electron chi connectivity index (χ0n) is 11.5. The topological polar surface area (TPSA) is 141 Å². The highest BCUT2D eigenvalue weighted by atomic mass is 16.7. The molecule has 1 heterocycles. The molecule has 0 aliphatic carbocycles. The number of hydrogen-bond donors (Lipinski definition) is 4. The SMILES string of the molecule is CCOC(CN=C(N)Nc1nc[nH]c1C(N)=O)OCC. The number of primary amides is 1. The molecule has 0 unspecified atom stereocenters. The van der Waals surface area contributed by atoms with Gasteiger partial charge in [0.25, 0.3) is 5.91 Å². The average molecular weight is 284 g/mol. The Morgan fingerprint density at radius 1 is 1.45 bits per heavy atom. The number of carbonyl (C=O) groups excluding carboxylic acids is 1. The molecule has 0 atom stereocenters. The van der Waals surface area contributed by atoms with Gasteiger partial charge < -0.3 is 31.2 Å². The number of nitrogens with one attached hydrogen (secondary N) is 2. The summed E-state index contributed by atoms with van der Waals surface area (Å²) in [6.45, 7) is 4.98. The fourth-order valence-corrected chi connectivity index (χ4v) is 1.44. The average Bonchev–Trinajstić information content (AvgIpc) is 2.84. The summed E-state index contributed by atoms with van der Waals surface area (Å²) in [6, 6.07) is 0. The zero-order chi connectivity index (χ0) is 15.0. The largest absolute Gasteiger partial charge is 0.370 e. The van der Waals surface area contributed by atoms with E-state index >= 15 is 0 Å². The van der Waals surface area contributed by atoms with Crippen LogP contribution in [0.1, 0.15) is 24.3 Å². The number of hydrogen-bond acceptors (Lipinski definition) is 5. The highest BCUT2D eigenvalue weighted by Gasteiger charge is 2.12. The van der Waals surface area contributed by atoms with Gasteiger partial charge in [-0.1, -0.05) is 0 Å². The number of nitrogens with zero attached hydrogens (tertiary/aromatic N) is 2. The molecule has 0 fully saturated rings. The van der Waals surface area contributed by atoms with Gasteiger partial charge in [-0.05, 0) is 13.8 Å².